The van der Waals surface area contributed by atoms with Crippen molar-refractivity contribution in [1.82, 2.24) is 10.2 Å². The first-order chi connectivity index (χ1) is 11.7. The number of amides is 1. The zero-order chi connectivity index (χ0) is 17.2. The molecular formula is C20H26N2O2. The number of hydrogen-bond acceptors (Lipinski definition) is 3. The SMILES string of the molecule is CCCN(CC(=O)NCc1ccccc1OC)Cc1ccccc1. The van der Waals surface area contributed by atoms with Crippen LogP contribution < -0.4 is 10.1 Å². The van der Waals surface area contributed by atoms with Gasteiger partial charge in [-0.2, -0.15) is 0 Å². The minimum absolute atomic E-state index is 0.0327. The van der Waals surface area contributed by atoms with Gasteiger partial charge in [0.2, 0.25) is 5.91 Å². The molecule has 0 saturated heterocycles. The lowest BCUT2D eigenvalue weighted by atomic mass is 10.2. The fourth-order valence-corrected chi connectivity index (χ4v) is 2.67. The number of rotatable bonds is 9. The fourth-order valence-electron chi connectivity index (χ4n) is 2.67. The minimum Gasteiger partial charge on any atom is -0.496 e. The third-order valence-corrected chi connectivity index (χ3v) is 3.82. The summed E-state index contributed by atoms with van der Waals surface area (Å²) in [5.74, 6) is 0.831. The highest BCUT2D eigenvalue weighted by Gasteiger charge is 2.11. The van der Waals surface area contributed by atoms with Gasteiger partial charge in [-0.05, 0) is 24.6 Å². The van der Waals surface area contributed by atoms with Gasteiger partial charge in [0.15, 0.2) is 0 Å². The highest BCUT2D eigenvalue weighted by atomic mass is 16.5. The lowest BCUT2D eigenvalue weighted by Crippen LogP contribution is -2.37. The largest absolute Gasteiger partial charge is 0.496 e. The average Bonchev–Trinajstić information content (AvgIpc) is 2.61. The molecule has 24 heavy (non-hydrogen) atoms. The quantitative estimate of drug-likeness (QED) is 0.769. The summed E-state index contributed by atoms with van der Waals surface area (Å²) in [4.78, 5) is 14.5. The van der Waals surface area contributed by atoms with Gasteiger partial charge in [-0.25, -0.2) is 0 Å². The van der Waals surface area contributed by atoms with Crippen molar-refractivity contribution in [2.24, 2.45) is 0 Å². The average molecular weight is 326 g/mol. The van der Waals surface area contributed by atoms with Gasteiger partial charge in [-0.15, -0.1) is 0 Å². The fraction of sp³-hybridized carbons (Fsp3) is 0.350. The number of methoxy groups -OCH3 is 1. The second kappa shape index (κ2) is 9.73. The topological polar surface area (TPSA) is 41.6 Å². The lowest BCUT2D eigenvalue weighted by molar-refractivity contribution is -0.122. The normalized spacial score (nSPS) is 10.6. The molecule has 0 fully saturated rings. The van der Waals surface area contributed by atoms with Crippen LogP contribution in [-0.4, -0.2) is 31.0 Å². The number of carbonyl (C=O) groups is 1. The number of ether oxygens (including phenoxy) is 1. The predicted molar refractivity (Wildman–Crippen MR) is 96.9 cm³/mol. The Hall–Kier alpha value is -2.33. The van der Waals surface area contributed by atoms with Gasteiger partial charge in [0.25, 0.3) is 0 Å². The molecule has 0 bridgehead atoms. The van der Waals surface area contributed by atoms with Crippen molar-refractivity contribution in [2.75, 3.05) is 20.2 Å². The molecule has 2 rings (SSSR count). The van der Waals surface area contributed by atoms with E-state index in [1.54, 1.807) is 7.11 Å². The standard InChI is InChI=1S/C20H26N2O2/c1-3-13-22(15-17-9-5-4-6-10-17)16-20(23)21-14-18-11-7-8-12-19(18)24-2/h4-12H,3,13-16H2,1-2H3,(H,21,23). The summed E-state index contributed by atoms with van der Waals surface area (Å²) < 4.78 is 5.31. The van der Waals surface area contributed by atoms with E-state index in [9.17, 15) is 4.79 Å². The minimum atomic E-state index is 0.0327. The van der Waals surface area contributed by atoms with Gasteiger partial charge in [0.05, 0.1) is 13.7 Å². The van der Waals surface area contributed by atoms with E-state index < -0.39 is 0 Å². The zero-order valence-corrected chi connectivity index (χ0v) is 14.5. The Morgan fingerprint density at radius 1 is 1.08 bits per heavy atom. The Balaban J connectivity index is 1.88. The Morgan fingerprint density at radius 2 is 1.79 bits per heavy atom. The number of benzene rings is 2. The first-order valence-corrected chi connectivity index (χ1v) is 8.37. The number of nitrogens with one attached hydrogen (secondary N) is 1. The molecule has 0 aliphatic heterocycles. The number of hydrogen-bond donors (Lipinski definition) is 1. The van der Waals surface area contributed by atoms with Crippen molar-refractivity contribution >= 4 is 5.91 Å². The number of carbonyl (C=O) groups excluding carboxylic acids is 1. The van der Waals surface area contributed by atoms with E-state index >= 15 is 0 Å². The molecule has 0 spiro atoms. The van der Waals surface area contributed by atoms with E-state index in [1.165, 1.54) is 5.56 Å². The van der Waals surface area contributed by atoms with Crippen molar-refractivity contribution < 1.29 is 9.53 Å². The van der Waals surface area contributed by atoms with E-state index in [2.05, 4.69) is 29.3 Å². The third kappa shape index (κ3) is 5.70. The van der Waals surface area contributed by atoms with Gasteiger partial charge in [0.1, 0.15) is 5.75 Å². The van der Waals surface area contributed by atoms with Crippen LogP contribution in [0.4, 0.5) is 0 Å². The van der Waals surface area contributed by atoms with E-state index in [0.29, 0.717) is 13.1 Å². The summed E-state index contributed by atoms with van der Waals surface area (Å²) >= 11 is 0. The maximum absolute atomic E-state index is 12.3. The van der Waals surface area contributed by atoms with Crippen LogP contribution in [0.1, 0.15) is 24.5 Å². The molecule has 2 aromatic rings. The first-order valence-electron chi connectivity index (χ1n) is 8.37. The molecule has 2 aromatic carbocycles. The third-order valence-electron chi connectivity index (χ3n) is 3.82. The van der Waals surface area contributed by atoms with Crippen LogP contribution in [0, 0.1) is 0 Å². The van der Waals surface area contributed by atoms with Crippen molar-refractivity contribution in [2.45, 2.75) is 26.4 Å². The smallest absolute Gasteiger partial charge is 0.234 e. The summed E-state index contributed by atoms with van der Waals surface area (Å²) in [5.41, 5.74) is 2.21. The van der Waals surface area contributed by atoms with Crippen LogP contribution in [0.15, 0.2) is 54.6 Å². The van der Waals surface area contributed by atoms with Gasteiger partial charge >= 0.3 is 0 Å². The molecule has 128 valence electrons. The summed E-state index contributed by atoms with van der Waals surface area (Å²) in [5, 5.41) is 2.99. The molecule has 0 heterocycles. The van der Waals surface area contributed by atoms with Crippen molar-refractivity contribution in [3.63, 3.8) is 0 Å². The molecule has 0 atom stereocenters. The number of nitrogens with zero attached hydrogens (tertiary/aromatic N) is 1. The van der Waals surface area contributed by atoms with Gasteiger partial charge in [-0.3, -0.25) is 9.69 Å². The Morgan fingerprint density at radius 3 is 2.50 bits per heavy atom. The first kappa shape index (κ1) is 18.0. The van der Waals surface area contributed by atoms with Gasteiger partial charge in [0, 0.05) is 18.7 Å². The van der Waals surface area contributed by atoms with Gasteiger partial charge in [-0.1, -0.05) is 55.5 Å². The summed E-state index contributed by atoms with van der Waals surface area (Å²) in [7, 11) is 1.64. The molecule has 0 aliphatic carbocycles. The second-order valence-corrected chi connectivity index (χ2v) is 5.78. The highest BCUT2D eigenvalue weighted by molar-refractivity contribution is 5.78. The predicted octanol–water partition coefficient (Wildman–Crippen LogP) is 3.22. The van der Waals surface area contributed by atoms with E-state index in [4.69, 9.17) is 4.74 Å². The zero-order valence-electron chi connectivity index (χ0n) is 14.5. The van der Waals surface area contributed by atoms with Crippen LogP contribution in [0.3, 0.4) is 0 Å². The second-order valence-electron chi connectivity index (χ2n) is 5.78. The van der Waals surface area contributed by atoms with Crippen LogP contribution in [-0.2, 0) is 17.9 Å². The van der Waals surface area contributed by atoms with Crippen LogP contribution in [0.5, 0.6) is 5.75 Å². The molecule has 4 nitrogen and oxygen atoms in total. The van der Waals surface area contributed by atoms with Crippen molar-refractivity contribution in [3.05, 3.63) is 65.7 Å². The molecular weight excluding hydrogens is 300 g/mol. The van der Waals surface area contributed by atoms with E-state index in [1.807, 2.05) is 42.5 Å². The Kier molecular flexibility index (Phi) is 7.30. The Bertz CT molecular complexity index is 629. The molecule has 0 aromatic heterocycles. The maximum atomic E-state index is 12.3. The Labute approximate surface area is 144 Å². The van der Waals surface area contributed by atoms with E-state index in [-0.39, 0.29) is 5.91 Å². The van der Waals surface area contributed by atoms with E-state index in [0.717, 1.165) is 30.8 Å². The van der Waals surface area contributed by atoms with Crippen molar-refractivity contribution in [1.29, 1.82) is 0 Å². The summed E-state index contributed by atoms with van der Waals surface area (Å²) in [6, 6.07) is 18.0. The van der Waals surface area contributed by atoms with Crippen molar-refractivity contribution in [3.8, 4) is 5.75 Å². The molecule has 1 N–H and O–H groups in total. The molecule has 0 saturated carbocycles. The monoisotopic (exact) mass is 326 g/mol. The van der Waals surface area contributed by atoms with Crippen LogP contribution in [0.25, 0.3) is 0 Å². The summed E-state index contributed by atoms with van der Waals surface area (Å²) in [6.45, 7) is 4.70. The molecule has 0 unspecified atom stereocenters. The molecule has 0 radical (unpaired) electrons. The highest BCUT2D eigenvalue weighted by Crippen LogP contribution is 2.16. The summed E-state index contributed by atoms with van der Waals surface area (Å²) in [6.07, 6.45) is 1.02. The number of para-hydroxylation sites is 1. The molecule has 0 aliphatic rings. The van der Waals surface area contributed by atoms with Crippen LogP contribution >= 0.6 is 0 Å². The molecule has 1 amide bonds. The van der Waals surface area contributed by atoms with Crippen LogP contribution in [0.2, 0.25) is 0 Å². The maximum Gasteiger partial charge on any atom is 0.234 e. The molecule has 4 heteroatoms. The lowest BCUT2D eigenvalue weighted by Gasteiger charge is -2.21. The van der Waals surface area contributed by atoms with Gasteiger partial charge < -0.3 is 10.1 Å².